The number of amides is 1. The van der Waals surface area contributed by atoms with E-state index in [0.717, 1.165) is 0 Å². The average Bonchev–Trinajstić information content (AvgIpc) is 2.21. The van der Waals surface area contributed by atoms with E-state index in [9.17, 15) is 9.59 Å². The maximum atomic E-state index is 11.2. The van der Waals surface area contributed by atoms with Crippen LogP contribution < -0.4 is 10.6 Å². The van der Waals surface area contributed by atoms with E-state index in [2.05, 4.69) is 15.4 Å². The third kappa shape index (κ3) is 6.87. The summed E-state index contributed by atoms with van der Waals surface area (Å²) in [6, 6.07) is -0.649. The van der Waals surface area contributed by atoms with Crippen molar-refractivity contribution in [3.8, 4) is 0 Å². The molecule has 0 aliphatic rings. The van der Waals surface area contributed by atoms with Gasteiger partial charge in [0.05, 0.1) is 13.7 Å². The van der Waals surface area contributed by atoms with Crippen LogP contribution in [-0.4, -0.2) is 51.8 Å². The molecule has 6 nitrogen and oxygen atoms in total. The standard InChI is InChI=1S/C9H18N2O4/c1-7(12)11-8(9(13)15-3)6-10-4-5-14-2/h8,10H,4-6H2,1-3H3,(H,11,12). The molecule has 1 unspecified atom stereocenters. The van der Waals surface area contributed by atoms with Crippen LogP contribution in [0.5, 0.6) is 0 Å². The highest BCUT2D eigenvalue weighted by Crippen LogP contribution is 1.86. The summed E-state index contributed by atoms with van der Waals surface area (Å²) in [5.74, 6) is -0.728. The van der Waals surface area contributed by atoms with E-state index < -0.39 is 12.0 Å². The van der Waals surface area contributed by atoms with Crippen LogP contribution in [0.4, 0.5) is 0 Å². The number of carbonyl (C=O) groups excluding carboxylic acids is 2. The first kappa shape index (κ1) is 13.9. The molecule has 15 heavy (non-hydrogen) atoms. The van der Waals surface area contributed by atoms with Crippen molar-refractivity contribution in [2.45, 2.75) is 13.0 Å². The van der Waals surface area contributed by atoms with Gasteiger partial charge in [-0.2, -0.15) is 0 Å². The predicted octanol–water partition coefficient (Wildman–Crippen LogP) is -1.10. The molecular formula is C9H18N2O4. The van der Waals surface area contributed by atoms with Crippen LogP contribution in [0.3, 0.4) is 0 Å². The van der Waals surface area contributed by atoms with Gasteiger partial charge in [0.25, 0.3) is 0 Å². The summed E-state index contributed by atoms with van der Waals surface area (Å²) in [7, 11) is 2.87. The normalized spacial score (nSPS) is 11.9. The van der Waals surface area contributed by atoms with E-state index in [-0.39, 0.29) is 5.91 Å². The molecule has 0 bridgehead atoms. The van der Waals surface area contributed by atoms with Crippen molar-refractivity contribution in [2.75, 3.05) is 33.9 Å². The third-order valence-corrected chi connectivity index (χ3v) is 1.69. The van der Waals surface area contributed by atoms with Crippen molar-refractivity contribution in [1.82, 2.24) is 10.6 Å². The largest absolute Gasteiger partial charge is 0.467 e. The summed E-state index contributed by atoms with van der Waals surface area (Å²) >= 11 is 0. The van der Waals surface area contributed by atoms with Gasteiger partial charge < -0.3 is 20.1 Å². The molecule has 0 spiro atoms. The van der Waals surface area contributed by atoms with Crippen molar-refractivity contribution >= 4 is 11.9 Å². The second kappa shape index (κ2) is 8.19. The van der Waals surface area contributed by atoms with Gasteiger partial charge in [0.2, 0.25) is 5.91 Å². The Kier molecular flexibility index (Phi) is 7.57. The molecule has 0 saturated heterocycles. The Labute approximate surface area is 89.3 Å². The zero-order valence-corrected chi connectivity index (χ0v) is 9.33. The van der Waals surface area contributed by atoms with Crippen LogP contribution in [0.1, 0.15) is 6.92 Å². The summed E-state index contributed by atoms with van der Waals surface area (Å²) in [5, 5.41) is 5.46. The lowest BCUT2D eigenvalue weighted by atomic mass is 10.3. The molecule has 88 valence electrons. The highest BCUT2D eigenvalue weighted by Gasteiger charge is 2.18. The third-order valence-electron chi connectivity index (χ3n) is 1.69. The molecule has 0 aromatic rings. The van der Waals surface area contributed by atoms with Crippen LogP contribution in [0, 0.1) is 0 Å². The van der Waals surface area contributed by atoms with Gasteiger partial charge >= 0.3 is 5.97 Å². The van der Waals surface area contributed by atoms with Crippen molar-refractivity contribution < 1.29 is 19.1 Å². The summed E-state index contributed by atoms with van der Waals surface area (Å²) in [4.78, 5) is 22.0. The van der Waals surface area contributed by atoms with Crippen LogP contribution >= 0.6 is 0 Å². The predicted molar refractivity (Wildman–Crippen MR) is 54.4 cm³/mol. The Hall–Kier alpha value is -1.14. The minimum atomic E-state index is -0.649. The van der Waals surface area contributed by atoms with Crippen LogP contribution in [0.25, 0.3) is 0 Å². The zero-order valence-electron chi connectivity index (χ0n) is 9.33. The smallest absolute Gasteiger partial charge is 0.329 e. The molecule has 0 aromatic heterocycles. The molecule has 1 atom stereocenters. The number of rotatable bonds is 7. The van der Waals surface area contributed by atoms with Gasteiger partial charge in [-0.25, -0.2) is 4.79 Å². The monoisotopic (exact) mass is 218 g/mol. The number of methoxy groups -OCH3 is 2. The molecule has 0 heterocycles. The van der Waals surface area contributed by atoms with E-state index in [4.69, 9.17) is 4.74 Å². The first-order chi connectivity index (χ1) is 7.11. The van der Waals surface area contributed by atoms with Gasteiger partial charge in [0.15, 0.2) is 0 Å². The van der Waals surface area contributed by atoms with E-state index in [1.165, 1.54) is 14.0 Å². The maximum absolute atomic E-state index is 11.2. The fraction of sp³-hybridized carbons (Fsp3) is 0.778. The van der Waals surface area contributed by atoms with E-state index in [1.54, 1.807) is 7.11 Å². The summed E-state index contributed by atoms with van der Waals surface area (Å²) < 4.78 is 9.37. The van der Waals surface area contributed by atoms with Crippen molar-refractivity contribution in [1.29, 1.82) is 0 Å². The number of hydrogen-bond donors (Lipinski definition) is 2. The van der Waals surface area contributed by atoms with Crippen LogP contribution in [0.2, 0.25) is 0 Å². The Balaban J connectivity index is 3.90. The first-order valence-corrected chi connectivity index (χ1v) is 4.66. The van der Waals surface area contributed by atoms with Gasteiger partial charge in [0, 0.05) is 27.1 Å². The minimum Gasteiger partial charge on any atom is -0.467 e. The number of ether oxygens (including phenoxy) is 2. The van der Waals surface area contributed by atoms with Crippen LogP contribution in [-0.2, 0) is 19.1 Å². The molecule has 0 aliphatic carbocycles. The number of carbonyl (C=O) groups is 2. The Morgan fingerprint density at radius 2 is 2.00 bits per heavy atom. The second-order valence-corrected chi connectivity index (χ2v) is 2.97. The van der Waals surface area contributed by atoms with Crippen LogP contribution in [0.15, 0.2) is 0 Å². The quantitative estimate of drug-likeness (QED) is 0.419. The lowest BCUT2D eigenvalue weighted by molar-refractivity contribution is -0.144. The fourth-order valence-corrected chi connectivity index (χ4v) is 1.00. The van der Waals surface area contributed by atoms with E-state index >= 15 is 0 Å². The van der Waals surface area contributed by atoms with Crippen molar-refractivity contribution in [3.05, 3.63) is 0 Å². The molecule has 0 saturated carbocycles. The maximum Gasteiger partial charge on any atom is 0.329 e. The Morgan fingerprint density at radius 3 is 2.47 bits per heavy atom. The second-order valence-electron chi connectivity index (χ2n) is 2.97. The van der Waals surface area contributed by atoms with Crippen molar-refractivity contribution in [2.24, 2.45) is 0 Å². The number of hydrogen-bond acceptors (Lipinski definition) is 5. The molecule has 0 rings (SSSR count). The Bertz CT molecular complexity index is 208. The summed E-state index contributed by atoms with van der Waals surface area (Å²) in [6.07, 6.45) is 0. The van der Waals surface area contributed by atoms with Crippen molar-refractivity contribution in [3.63, 3.8) is 0 Å². The molecule has 2 N–H and O–H groups in total. The lowest BCUT2D eigenvalue weighted by Crippen LogP contribution is -2.47. The highest BCUT2D eigenvalue weighted by molar-refractivity contribution is 5.83. The molecule has 0 aromatic carbocycles. The van der Waals surface area contributed by atoms with E-state index in [1.807, 2.05) is 0 Å². The topological polar surface area (TPSA) is 76.7 Å². The minimum absolute atomic E-state index is 0.265. The van der Waals surface area contributed by atoms with Gasteiger partial charge in [-0.1, -0.05) is 0 Å². The summed E-state index contributed by atoms with van der Waals surface area (Å²) in [5.41, 5.74) is 0. The summed E-state index contributed by atoms with van der Waals surface area (Å²) in [6.45, 7) is 2.85. The Morgan fingerprint density at radius 1 is 1.33 bits per heavy atom. The zero-order chi connectivity index (χ0) is 11.7. The molecule has 0 fully saturated rings. The highest BCUT2D eigenvalue weighted by atomic mass is 16.5. The van der Waals surface area contributed by atoms with E-state index in [0.29, 0.717) is 19.7 Å². The molecule has 1 amide bonds. The molecule has 0 aliphatic heterocycles. The molecule has 0 radical (unpaired) electrons. The number of nitrogens with one attached hydrogen (secondary N) is 2. The molecular weight excluding hydrogens is 200 g/mol. The number of esters is 1. The lowest BCUT2D eigenvalue weighted by Gasteiger charge is -2.15. The van der Waals surface area contributed by atoms with Gasteiger partial charge in [-0.05, 0) is 0 Å². The van der Waals surface area contributed by atoms with Gasteiger partial charge in [-0.15, -0.1) is 0 Å². The van der Waals surface area contributed by atoms with Gasteiger partial charge in [-0.3, -0.25) is 4.79 Å². The SMILES string of the molecule is COCCNCC(NC(C)=O)C(=O)OC. The first-order valence-electron chi connectivity index (χ1n) is 4.66. The fourth-order valence-electron chi connectivity index (χ4n) is 1.00. The van der Waals surface area contributed by atoms with Gasteiger partial charge in [0.1, 0.15) is 6.04 Å². The molecule has 6 heteroatoms. The average molecular weight is 218 g/mol.